The number of amides is 1. The number of carbonyl (C=O) groups excluding carboxylic acids is 1. The fourth-order valence-corrected chi connectivity index (χ4v) is 1.23. The Labute approximate surface area is 99.3 Å². The third-order valence-corrected chi connectivity index (χ3v) is 1.89. The molecule has 1 atom stereocenters. The van der Waals surface area contributed by atoms with Crippen molar-refractivity contribution in [2.24, 2.45) is 0 Å². The van der Waals surface area contributed by atoms with E-state index in [0.29, 0.717) is 12.8 Å². The van der Waals surface area contributed by atoms with Crippen LogP contribution in [-0.2, 0) is 9.53 Å². The summed E-state index contributed by atoms with van der Waals surface area (Å²) in [6, 6.07) is -0.792. The predicted molar refractivity (Wildman–Crippen MR) is 62.2 cm³/mol. The van der Waals surface area contributed by atoms with Crippen LogP contribution in [0.3, 0.4) is 0 Å². The molecule has 0 aromatic heterocycles. The smallest absolute Gasteiger partial charge is 0.413 e. The van der Waals surface area contributed by atoms with E-state index in [9.17, 15) is 9.59 Å². The molecule has 1 unspecified atom stereocenters. The average molecular weight is 248 g/mol. The highest BCUT2D eigenvalue weighted by atomic mass is 32.1. The van der Waals surface area contributed by atoms with Gasteiger partial charge in [0.05, 0.1) is 6.61 Å². The number of alkyl carbamates (subject to hydrolysis) is 1. The number of aliphatic carboxylic acids is 1. The van der Waals surface area contributed by atoms with Gasteiger partial charge in [-0.25, -0.2) is 9.59 Å². The third-order valence-electron chi connectivity index (χ3n) is 1.67. The molecule has 16 heavy (non-hydrogen) atoms. The molecule has 0 bridgehead atoms. The first kappa shape index (κ1) is 14.6. The molecule has 0 radical (unpaired) electrons. The molecule has 0 heterocycles. The molecule has 0 aromatic rings. The van der Waals surface area contributed by atoms with Crippen molar-refractivity contribution in [3.8, 4) is 0 Å². The number of hydrogen-bond acceptors (Lipinski definition) is 4. The fraction of sp³-hybridized carbons (Fsp3) is 0.667. The first-order valence-electron chi connectivity index (χ1n) is 4.98. The minimum absolute atomic E-state index is 0.0423. The van der Waals surface area contributed by atoms with Gasteiger partial charge in [0.1, 0.15) is 6.04 Å². The zero-order valence-electron chi connectivity index (χ0n) is 9.28. The number of hydrogen-bond donors (Lipinski definition) is 3. The summed E-state index contributed by atoms with van der Waals surface area (Å²) in [5.74, 6) is -1.00. The van der Waals surface area contributed by atoms with Crippen LogP contribution < -0.4 is 10.6 Å². The van der Waals surface area contributed by atoms with Crippen LogP contribution in [0.25, 0.3) is 0 Å². The Hall–Kier alpha value is -1.37. The zero-order chi connectivity index (χ0) is 12.6. The van der Waals surface area contributed by atoms with E-state index in [0.717, 1.165) is 0 Å². The molecule has 0 aliphatic heterocycles. The maximum absolute atomic E-state index is 11.0. The lowest BCUT2D eigenvalue weighted by molar-refractivity contribution is -0.139. The molecule has 3 N–H and O–H groups in total. The van der Waals surface area contributed by atoms with Gasteiger partial charge in [-0.15, -0.1) is 0 Å². The van der Waals surface area contributed by atoms with Gasteiger partial charge in [0.2, 0.25) is 0 Å². The highest BCUT2D eigenvalue weighted by Crippen LogP contribution is 1.96. The van der Waals surface area contributed by atoms with Gasteiger partial charge in [-0.3, -0.25) is 5.32 Å². The number of thiocarbonyl (C=S) groups is 1. The Bertz CT molecular complexity index is 270. The molecular formula is C9H16N2O4S. The second-order valence-electron chi connectivity index (χ2n) is 3.00. The van der Waals surface area contributed by atoms with Crippen molar-refractivity contribution in [2.75, 3.05) is 6.61 Å². The number of carboxylic acid groups (broad SMARTS) is 1. The van der Waals surface area contributed by atoms with Crippen molar-refractivity contribution in [3.05, 3.63) is 0 Å². The van der Waals surface area contributed by atoms with E-state index < -0.39 is 18.1 Å². The summed E-state index contributed by atoms with van der Waals surface area (Å²) in [5.41, 5.74) is 0. The monoisotopic (exact) mass is 248 g/mol. The zero-order valence-corrected chi connectivity index (χ0v) is 10.1. The highest BCUT2D eigenvalue weighted by molar-refractivity contribution is 7.80. The van der Waals surface area contributed by atoms with Gasteiger partial charge >= 0.3 is 12.1 Å². The highest BCUT2D eigenvalue weighted by Gasteiger charge is 2.17. The molecule has 6 nitrogen and oxygen atoms in total. The largest absolute Gasteiger partial charge is 0.480 e. The SMILES string of the molecule is CCCC(NC(=S)NC(=O)OCC)C(=O)O. The predicted octanol–water partition coefficient (Wildman–Crippen LogP) is 0.860. The van der Waals surface area contributed by atoms with Gasteiger partial charge < -0.3 is 15.2 Å². The van der Waals surface area contributed by atoms with Gasteiger partial charge in [-0.05, 0) is 25.6 Å². The number of carboxylic acids is 1. The molecule has 0 fully saturated rings. The Balaban J connectivity index is 4.09. The van der Waals surface area contributed by atoms with Gasteiger partial charge in [0, 0.05) is 0 Å². The Morgan fingerprint density at radius 3 is 2.50 bits per heavy atom. The first-order chi connectivity index (χ1) is 7.51. The number of nitrogens with one attached hydrogen (secondary N) is 2. The molecule has 0 aliphatic carbocycles. The molecule has 0 rings (SSSR count). The summed E-state index contributed by atoms with van der Waals surface area (Å²) in [6.07, 6.45) is 0.437. The molecule has 0 aliphatic rings. The summed E-state index contributed by atoms with van der Waals surface area (Å²) in [7, 11) is 0. The van der Waals surface area contributed by atoms with Gasteiger partial charge in [0.15, 0.2) is 5.11 Å². The van der Waals surface area contributed by atoms with Crippen LogP contribution in [0.2, 0.25) is 0 Å². The second-order valence-corrected chi connectivity index (χ2v) is 3.41. The molecule has 0 spiro atoms. The lowest BCUT2D eigenvalue weighted by atomic mass is 10.2. The van der Waals surface area contributed by atoms with E-state index in [-0.39, 0.29) is 11.7 Å². The van der Waals surface area contributed by atoms with Crippen LogP contribution in [0.15, 0.2) is 0 Å². The number of carbonyl (C=O) groups is 2. The molecule has 7 heteroatoms. The average Bonchev–Trinajstić information content (AvgIpc) is 2.16. The fourth-order valence-electron chi connectivity index (χ4n) is 1.00. The van der Waals surface area contributed by atoms with Gasteiger partial charge in [0.25, 0.3) is 0 Å². The van der Waals surface area contributed by atoms with Crippen molar-refractivity contribution < 1.29 is 19.4 Å². The topological polar surface area (TPSA) is 87.7 Å². The summed E-state index contributed by atoms with van der Waals surface area (Å²) >= 11 is 4.77. The summed E-state index contributed by atoms with van der Waals surface area (Å²) in [6.45, 7) is 3.75. The summed E-state index contributed by atoms with van der Waals surface area (Å²) in [5, 5.41) is 13.5. The minimum Gasteiger partial charge on any atom is -0.480 e. The lowest BCUT2D eigenvalue weighted by Gasteiger charge is -2.15. The van der Waals surface area contributed by atoms with Crippen LogP contribution in [0.4, 0.5) is 4.79 Å². The maximum atomic E-state index is 11.0. The Morgan fingerprint density at radius 1 is 1.44 bits per heavy atom. The first-order valence-corrected chi connectivity index (χ1v) is 5.39. The van der Waals surface area contributed by atoms with E-state index in [2.05, 4.69) is 15.4 Å². The van der Waals surface area contributed by atoms with Crippen molar-refractivity contribution in [1.82, 2.24) is 10.6 Å². The van der Waals surface area contributed by atoms with E-state index in [4.69, 9.17) is 17.3 Å². The van der Waals surface area contributed by atoms with Gasteiger partial charge in [-0.2, -0.15) is 0 Å². The molecule has 92 valence electrons. The Kier molecular flexibility index (Phi) is 7.19. The van der Waals surface area contributed by atoms with Crippen LogP contribution in [0.1, 0.15) is 26.7 Å². The molecule has 0 saturated carbocycles. The number of ether oxygens (including phenoxy) is 1. The van der Waals surface area contributed by atoms with Crippen molar-refractivity contribution in [2.45, 2.75) is 32.7 Å². The van der Waals surface area contributed by atoms with Crippen LogP contribution in [0, 0.1) is 0 Å². The maximum Gasteiger partial charge on any atom is 0.413 e. The quantitative estimate of drug-likeness (QED) is 0.625. The normalized spacial score (nSPS) is 11.4. The molecule has 0 aromatic carbocycles. The molecular weight excluding hydrogens is 232 g/mol. The summed E-state index contributed by atoms with van der Waals surface area (Å²) < 4.78 is 4.59. The minimum atomic E-state index is -1.00. The van der Waals surface area contributed by atoms with E-state index in [1.165, 1.54) is 0 Å². The van der Waals surface area contributed by atoms with E-state index in [1.54, 1.807) is 6.92 Å². The standard InChI is InChI=1S/C9H16N2O4S/c1-3-5-6(7(12)13)10-8(16)11-9(14)15-4-2/h6H,3-5H2,1-2H3,(H,12,13)(H2,10,11,14,16). The molecule has 1 amide bonds. The summed E-state index contributed by atoms with van der Waals surface area (Å²) in [4.78, 5) is 21.7. The van der Waals surface area contributed by atoms with Crippen LogP contribution in [0.5, 0.6) is 0 Å². The van der Waals surface area contributed by atoms with Crippen molar-refractivity contribution >= 4 is 29.4 Å². The second kappa shape index (κ2) is 7.86. The number of rotatable bonds is 5. The van der Waals surface area contributed by atoms with E-state index >= 15 is 0 Å². The van der Waals surface area contributed by atoms with Crippen LogP contribution >= 0.6 is 12.2 Å². The van der Waals surface area contributed by atoms with Gasteiger partial charge in [-0.1, -0.05) is 13.3 Å². The van der Waals surface area contributed by atoms with E-state index in [1.807, 2.05) is 6.92 Å². The molecule has 0 saturated heterocycles. The van der Waals surface area contributed by atoms with Crippen molar-refractivity contribution in [3.63, 3.8) is 0 Å². The Morgan fingerprint density at radius 2 is 2.06 bits per heavy atom. The van der Waals surface area contributed by atoms with Crippen molar-refractivity contribution in [1.29, 1.82) is 0 Å². The third kappa shape index (κ3) is 6.18. The lowest BCUT2D eigenvalue weighted by Crippen LogP contribution is -2.47. The van der Waals surface area contributed by atoms with Crippen LogP contribution in [-0.4, -0.2) is 34.9 Å².